The van der Waals surface area contributed by atoms with E-state index in [1.54, 1.807) is 6.92 Å². The SMILES string of the molecule is CCCCCCCCCCCCCCC(O)C(=O)OCC. The minimum Gasteiger partial charge on any atom is -0.464 e. The summed E-state index contributed by atoms with van der Waals surface area (Å²) in [6.07, 6.45) is 15.1. The zero-order valence-corrected chi connectivity index (χ0v) is 14.2. The van der Waals surface area contributed by atoms with Gasteiger partial charge in [-0.25, -0.2) is 4.79 Å². The van der Waals surface area contributed by atoms with Crippen molar-refractivity contribution >= 4 is 5.97 Å². The Balaban J connectivity index is 3.17. The zero-order valence-electron chi connectivity index (χ0n) is 14.2. The lowest BCUT2D eigenvalue weighted by atomic mass is 10.0. The third-order valence-corrected chi connectivity index (χ3v) is 3.89. The largest absolute Gasteiger partial charge is 0.464 e. The minimum absolute atomic E-state index is 0.342. The molecule has 0 rings (SSSR count). The number of hydrogen-bond acceptors (Lipinski definition) is 3. The summed E-state index contributed by atoms with van der Waals surface area (Å²) in [5.41, 5.74) is 0. The van der Waals surface area contributed by atoms with Crippen LogP contribution in [-0.2, 0) is 9.53 Å². The third-order valence-electron chi connectivity index (χ3n) is 3.89. The van der Waals surface area contributed by atoms with Gasteiger partial charge in [0.2, 0.25) is 0 Å². The summed E-state index contributed by atoms with van der Waals surface area (Å²) >= 11 is 0. The number of aliphatic hydroxyl groups is 1. The molecule has 0 aliphatic carbocycles. The highest BCUT2D eigenvalue weighted by atomic mass is 16.5. The van der Waals surface area contributed by atoms with E-state index in [1.807, 2.05) is 0 Å². The van der Waals surface area contributed by atoms with Crippen molar-refractivity contribution in [3.8, 4) is 0 Å². The van der Waals surface area contributed by atoms with Crippen molar-refractivity contribution in [3.63, 3.8) is 0 Å². The topological polar surface area (TPSA) is 46.5 Å². The summed E-state index contributed by atoms with van der Waals surface area (Å²) in [6.45, 7) is 4.36. The molecule has 0 saturated carbocycles. The Morgan fingerprint density at radius 1 is 0.810 bits per heavy atom. The van der Waals surface area contributed by atoms with Crippen LogP contribution in [0.1, 0.15) is 97.3 Å². The highest BCUT2D eigenvalue weighted by Crippen LogP contribution is 2.13. The number of unbranched alkanes of at least 4 members (excludes halogenated alkanes) is 11. The molecule has 0 aliphatic heterocycles. The lowest BCUT2D eigenvalue weighted by Gasteiger charge is -2.09. The molecule has 1 unspecified atom stereocenters. The lowest BCUT2D eigenvalue weighted by molar-refractivity contribution is -0.153. The van der Waals surface area contributed by atoms with Gasteiger partial charge in [0.15, 0.2) is 6.10 Å². The molecule has 21 heavy (non-hydrogen) atoms. The van der Waals surface area contributed by atoms with Crippen molar-refractivity contribution in [2.45, 2.75) is 103 Å². The van der Waals surface area contributed by atoms with E-state index in [0.29, 0.717) is 13.0 Å². The summed E-state index contributed by atoms with van der Waals surface area (Å²) in [4.78, 5) is 11.2. The highest BCUT2D eigenvalue weighted by Gasteiger charge is 2.14. The molecule has 1 N–H and O–H groups in total. The van der Waals surface area contributed by atoms with Gasteiger partial charge in [-0.15, -0.1) is 0 Å². The van der Waals surface area contributed by atoms with Crippen molar-refractivity contribution in [2.75, 3.05) is 6.61 Å². The Morgan fingerprint density at radius 2 is 1.24 bits per heavy atom. The fraction of sp³-hybridized carbons (Fsp3) is 0.944. The first-order chi connectivity index (χ1) is 10.2. The number of hydrogen-bond donors (Lipinski definition) is 1. The van der Waals surface area contributed by atoms with Crippen LogP contribution < -0.4 is 0 Å². The second kappa shape index (κ2) is 15.8. The summed E-state index contributed by atoms with van der Waals surface area (Å²) in [5, 5.41) is 9.54. The van der Waals surface area contributed by atoms with Crippen molar-refractivity contribution in [2.24, 2.45) is 0 Å². The van der Waals surface area contributed by atoms with E-state index in [0.717, 1.165) is 12.8 Å². The van der Waals surface area contributed by atoms with Crippen LogP contribution in [0.25, 0.3) is 0 Å². The van der Waals surface area contributed by atoms with Crippen molar-refractivity contribution < 1.29 is 14.6 Å². The number of esters is 1. The van der Waals surface area contributed by atoms with Crippen molar-refractivity contribution in [1.82, 2.24) is 0 Å². The van der Waals surface area contributed by atoms with Gasteiger partial charge in [-0.2, -0.15) is 0 Å². The van der Waals surface area contributed by atoms with Gasteiger partial charge in [0.1, 0.15) is 0 Å². The Morgan fingerprint density at radius 3 is 1.67 bits per heavy atom. The van der Waals surface area contributed by atoms with E-state index in [1.165, 1.54) is 64.2 Å². The maximum Gasteiger partial charge on any atom is 0.334 e. The fourth-order valence-corrected chi connectivity index (χ4v) is 2.53. The molecular weight excluding hydrogens is 264 g/mol. The van der Waals surface area contributed by atoms with E-state index in [4.69, 9.17) is 4.74 Å². The molecule has 0 bridgehead atoms. The number of carbonyl (C=O) groups excluding carboxylic acids is 1. The maximum atomic E-state index is 11.2. The molecule has 0 aromatic carbocycles. The quantitative estimate of drug-likeness (QED) is 0.342. The van der Waals surface area contributed by atoms with Crippen LogP contribution in [0.4, 0.5) is 0 Å². The first-order valence-electron chi connectivity index (χ1n) is 9.07. The van der Waals surface area contributed by atoms with E-state index in [2.05, 4.69) is 6.92 Å². The molecule has 0 amide bonds. The van der Waals surface area contributed by atoms with Gasteiger partial charge in [0.25, 0.3) is 0 Å². The average molecular weight is 300 g/mol. The second-order valence-electron chi connectivity index (χ2n) is 5.95. The highest BCUT2D eigenvalue weighted by molar-refractivity contribution is 5.74. The molecule has 3 nitrogen and oxygen atoms in total. The average Bonchev–Trinajstić information content (AvgIpc) is 2.48. The lowest BCUT2D eigenvalue weighted by Crippen LogP contribution is -2.22. The standard InChI is InChI=1S/C18H36O3/c1-3-5-6-7-8-9-10-11-12-13-14-15-16-17(19)18(20)21-4-2/h17,19H,3-16H2,1-2H3. The van der Waals surface area contributed by atoms with Crippen LogP contribution in [-0.4, -0.2) is 23.8 Å². The summed E-state index contributed by atoms with van der Waals surface area (Å²) < 4.78 is 4.77. The van der Waals surface area contributed by atoms with Gasteiger partial charge in [-0.1, -0.05) is 84.0 Å². The number of aliphatic hydroxyl groups excluding tert-OH is 1. The van der Waals surface area contributed by atoms with Gasteiger partial charge in [0.05, 0.1) is 6.61 Å². The fourth-order valence-electron chi connectivity index (χ4n) is 2.53. The molecular formula is C18H36O3. The number of carbonyl (C=O) groups is 1. The van der Waals surface area contributed by atoms with Crippen LogP contribution in [0.2, 0.25) is 0 Å². The van der Waals surface area contributed by atoms with Crippen LogP contribution in [0.3, 0.4) is 0 Å². The first kappa shape index (κ1) is 20.4. The molecule has 0 heterocycles. The second-order valence-corrected chi connectivity index (χ2v) is 5.95. The molecule has 0 fully saturated rings. The number of ether oxygens (including phenoxy) is 1. The maximum absolute atomic E-state index is 11.2. The molecule has 0 spiro atoms. The summed E-state index contributed by atoms with van der Waals surface area (Å²) in [7, 11) is 0. The molecule has 0 aliphatic rings. The predicted molar refractivity (Wildman–Crippen MR) is 88.3 cm³/mol. The molecule has 0 radical (unpaired) electrons. The normalized spacial score (nSPS) is 12.3. The van der Waals surface area contributed by atoms with Crippen LogP contribution in [0.5, 0.6) is 0 Å². The number of rotatable bonds is 15. The summed E-state index contributed by atoms with van der Waals surface area (Å²) in [5.74, 6) is -0.472. The van der Waals surface area contributed by atoms with Gasteiger partial charge in [0, 0.05) is 0 Å². The van der Waals surface area contributed by atoms with Crippen LogP contribution >= 0.6 is 0 Å². The van der Waals surface area contributed by atoms with Crippen LogP contribution in [0.15, 0.2) is 0 Å². The zero-order chi connectivity index (χ0) is 15.8. The van der Waals surface area contributed by atoms with E-state index in [9.17, 15) is 9.90 Å². The van der Waals surface area contributed by atoms with Gasteiger partial charge >= 0.3 is 5.97 Å². The smallest absolute Gasteiger partial charge is 0.334 e. The van der Waals surface area contributed by atoms with Crippen LogP contribution in [0, 0.1) is 0 Å². The monoisotopic (exact) mass is 300 g/mol. The Hall–Kier alpha value is -0.570. The minimum atomic E-state index is -0.923. The molecule has 0 aromatic rings. The predicted octanol–water partition coefficient (Wildman–Crippen LogP) is 5.00. The van der Waals surface area contributed by atoms with Gasteiger partial charge < -0.3 is 9.84 Å². The Labute approximate surface area is 131 Å². The third kappa shape index (κ3) is 14.1. The molecule has 3 heteroatoms. The van der Waals surface area contributed by atoms with E-state index in [-0.39, 0.29) is 0 Å². The van der Waals surface area contributed by atoms with E-state index >= 15 is 0 Å². The molecule has 0 saturated heterocycles. The Bertz CT molecular complexity index is 229. The molecule has 0 aromatic heterocycles. The summed E-state index contributed by atoms with van der Waals surface area (Å²) in [6, 6.07) is 0. The molecule has 1 atom stereocenters. The first-order valence-corrected chi connectivity index (χ1v) is 9.07. The van der Waals surface area contributed by atoms with Crippen molar-refractivity contribution in [1.29, 1.82) is 0 Å². The van der Waals surface area contributed by atoms with Gasteiger partial charge in [-0.05, 0) is 13.3 Å². The van der Waals surface area contributed by atoms with Crippen molar-refractivity contribution in [3.05, 3.63) is 0 Å². The van der Waals surface area contributed by atoms with E-state index < -0.39 is 12.1 Å². The molecule has 126 valence electrons. The van der Waals surface area contributed by atoms with Gasteiger partial charge in [-0.3, -0.25) is 0 Å². The Kier molecular flexibility index (Phi) is 15.4.